The Morgan fingerprint density at radius 1 is 1.25 bits per heavy atom. The van der Waals surface area contributed by atoms with Crippen LogP contribution in [0.3, 0.4) is 0 Å². The number of amides is 1. The van der Waals surface area contributed by atoms with Gasteiger partial charge in [-0.3, -0.25) is 9.59 Å². The standard InChI is InChI=1S/C25H26ClNO5/c1-4-6-12-27-22(16-8-7-9-18(14-16)32-13-5-2)21(24(29)25(27)30)23(28)19-15-17(26)10-11-20(19)31-3/h5,7-11,14-15,22,28H,2,4,6,12-13H2,1,3H3/b23-21+. The number of hydrogen-bond acceptors (Lipinski definition) is 5. The SMILES string of the molecule is C=CCOc1cccc(C2/C(=C(\O)c3cc(Cl)ccc3OC)C(=O)C(=O)N2CCCC)c1. The predicted octanol–water partition coefficient (Wildman–Crippen LogP) is 5.14. The predicted molar refractivity (Wildman–Crippen MR) is 124 cm³/mol. The van der Waals surface area contributed by atoms with Gasteiger partial charge in [-0.25, -0.2) is 0 Å². The number of ketones is 1. The number of rotatable bonds is 9. The molecule has 6 nitrogen and oxygen atoms in total. The number of carbonyl (C=O) groups is 2. The number of hydrogen-bond donors (Lipinski definition) is 1. The lowest BCUT2D eigenvalue weighted by molar-refractivity contribution is -0.139. The van der Waals surface area contributed by atoms with Crippen molar-refractivity contribution in [2.75, 3.05) is 20.3 Å². The molecule has 1 amide bonds. The zero-order chi connectivity index (χ0) is 23.3. The molecule has 32 heavy (non-hydrogen) atoms. The third kappa shape index (κ3) is 4.65. The molecule has 1 atom stereocenters. The molecule has 0 aliphatic carbocycles. The summed E-state index contributed by atoms with van der Waals surface area (Å²) in [5, 5.41) is 11.6. The van der Waals surface area contributed by atoms with E-state index in [4.69, 9.17) is 21.1 Å². The van der Waals surface area contributed by atoms with Gasteiger partial charge < -0.3 is 19.5 Å². The van der Waals surface area contributed by atoms with Crippen molar-refractivity contribution >= 4 is 29.1 Å². The summed E-state index contributed by atoms with van der Waals surface area (Å²) >= 11 is 6.13. The zero-order valence-corrected chi connectivity index (χ0v) is 18.9. The molecule has 1 fully saturated rings. The number of methoxy groups -OCH3 is 1. The van der Waals surface area contributed by atoms with Gasteiger partial charge in [0.1, 0.15) is 23.9 Å². The fourth-order valence-electron chi connectivity index (χ4n) is 3.73. The summed E-state index contributed by atoms with van der Waals surface area (Å²) in [7, 11) is 1.46. The topological polar surface area (TPSA) is 76.1 Å². The Morgan fingerprint density at radius 2 is 2.03 bits per heavy atom. The number of benzene rings is 2. The molecule has 0 aromatic heterocycles. The number of aliphatic hydroxyl groups excluding tert-OH is 1. The number of aliphatic hydroxyl groups is 1. The van der Waals surface area contributed by atoms with E-state index in [2.05, 4.69) is 6.58 Å². The molecule has 1 aliphatic heterocycles. The number of likely N-dealkylation sites (tertiary alicyclic amines) is 1. The van der Waals surface area contributed by atoms with Gasteiger partial charge in [-0.2, -0.15) is 0 Å². The third-order valence-electron chi connectivity index (χ3n) is 5.25. The largest absolute Gasteiger partial charge is 0.507 e. The van der Waals surface area contributed by atoms with Gasteiger partial charge in [0.05, 0.1) is 24.3 Å². The maximum Gasteiger partial charge on any atom is 0.295 e. The lowest BCUT2D eigenvalue weighted by Gasteiger charge is -2.25. The molecule has 0 radical (unpaired) electrons. The minimum atomic E-state index is -0.766. The summed E-state index contributed by atoms with van der Waals surface area (Å²) in [4.78, 5) is 27.5. The highest BCUT2D eigenvalue weighted by Crippen LogP contribution is 2.42. The molecular weight excluding hydrogens is 430 g/mol. The van der Waals surface area contributed by atoms with Crippen LogP contribution in [0.2, 0.25) is 5.02 Å². The van der Waals surface area contributed by atoms with Crippen LogP contribution in [-0.4, -0.2) is 42.0 Å². The van der Waals surface area contributed by atoms with E-state index in [0.717, 1.165) is 12.8 Å². The van der Waals surface area contributed by atoms with Crippen molar-refractivity contribution in [2.45, 2.75) is 25.8 Å². The molecule has 1 unspecified atom stereocenters. The van der Waals surface area contributed by atoms with Crippen molar-refractivity contribution in [2.24, 2.45) is 0 Å². The minimum absolute atomic E-state index is 0.00691. The molecular formula is C25H26ClNO5. The van der Waals surface area contributed by atoms with Crippen LogP contribution in [0.25, 0.3) is 5.76 Å². The average Bonchev–Trinajstić information content (AvgIpc) is 3.05. The molecule has 2 aromatic rings. The maximum absolute atomic E-state index is 13.1. The maximum atomic E-state index is 13.1. The van der Waals surface area contributed by atoms with Crippen LogP contribution in [-0.2, 0) is 9.59 Å². The highest BCUT2D eigenvalue weighted by molar-refractivity contribution is 6.46. The van der Waals surface area contributed by atoms with Crippen molar-refractivity contribution in [3.63, 3.8) is 0 Å². The van der Waals surface area contributed by atoms with E-state index < -0.39 is 17.7 Å². The summed E-state index contributed by atoms with van der Waals surface area (Å²) in [5.41, 5.74) is 0.898. The highest BCUT2D eigenvalue weighted by atomic mass is 35.5. The van der Waals surface area contributed by atoms with Gasteiger partial charge in [-0.05, 0) is 42.3 Å². The van der Waals surface area contributed by atoms with Crippen LogP contribution in [0, 0.1) is 0 Å². The van der Waals surface area contributed by atoms with Crippen molar-refractivity contribution in [3.05, 3.63) is 76.8 Å². The van der Waals surface area contributed by atoms with Gasteiger partial charge in [-0.1, -0.05) is 49.7 Å². The summed E-state index contributed by atoms with van der Waals surface area (Å²) in [6.45, 7) is 6.35. The van der Waals surface area contributed by atoms with Gasteiger partial charge in [0.2, 0.25) is 0 Å². The Hall–Kier alpha value is -3.25. The molecule has 0 spiro atoms. The van der Waals surface area contributed by atoms with E-state index in [1.807, 2.05) is 6.92 Å². The smallest absolute Gasteiger partial charge is 0.295 e. The molecule has 1 saturated heterocycles. The van der Waals surface area contributed by atoms with Crippen molar-refractivity contribution in [3.8, 4) is 11.5 Å². The molecule has 1 heterocycles. The molecule has 3 rings (SSSR count). The van der Waals surface area contributed by atoms with Crippen LogP contribution in [0.4, 0.5) is 0 Å². The molecule has 0 saturated carbocycles. The van der Waals surface area contributed by atoms with Crippen LogP contribution < -0.4 is 9.47 Å². The van der Waals surface area contributed by atoms with Crippen LogP contribution >= 0.6 is 11.6 Å². The van der Waals surface area contributed by atoms with Gasteiger partial charge in [0.15, 0.2) is 0 Å². The molecule has 168 valence electrons. The van der Waals surface area contributed by atoms with Crippen molar-refractivity contribution in [1.82, 2.24) is 4.90 Å². The Bertz CT molecular complexity index is 1060. The summed E-state index contributed by atoms with van der Waals surface area (Å²) in [6.07, 6.45) is 3.20. The normalized spacial score (nSPS) is 17.5. The van der Waals surface area contributed by atoms with Gasteiger partial charge in [0.25, 0.3) is 11.7 Å². The van der Waals surface area contributed by atoms with E-state index in [9.17, 15) is 14.7 Å². The molecule has 0 bridgehead atoms. The van der Waals surface area contributed by atoms with Gasteiger partial charge in [-0.15, -0.1) is 0 Å². The van der Waals surface area contributed by atoms with E-state index in [0.29, 0.717) is 35.2 Å². The second-order valence-electron chi connectivity index (χ2n) is 7.36. The molecule has 2 aromatic carbocycles. The number of Topliss-reactive ketones (excluding diaryl/α,β-unsaturated/α-hetero) is 1. The highest BCUT2D eigenvalue weighted by Gasteiger charge is 2.46. The van der Waals surface area contributed by atoms with Crippen molar-refractivity contribution in [1.29, 1.82) is 0 Å². The van der Waals surface area contributed by atoms with E-state index in [1.54, 1.807) is 42.5 Å². The first-order chi connectivity index (χ1) is 15.4. The van der Waals surface area contributed by atoms with E-state index in [1.165, 1.54) is 18.1 Å². The Kier molecular flexibility index (Phi) is 7.59. The number of nitrogens with zero attached hydrogens (tertiary/aromatic N) is 1. The number of unbranched alkanes of at least 4 members (excludes halogenated alkanes) is 1. The summed E-state index contributed by atoms with van der Waals surface area (Å²) in [6, 6.07) is 11.1. The number of carbonyl (C=O) groups excluding carboxylic acids is 2. The lowest BCUT2D eigenvalue weighted by Crippen LogP contribution is -2.30. The van der Waals surface area contributed by atoms with Crippen LogP contribution in [0.5, 0.6) is 11.5 Å². The van der Waals surface area contributed by atoms with E-state index in [-0.39, 0.29) is 16.9 Å². The summed E-state index contributed by atoms with van der Waals surface area (Å²) < 4.78 is 11.0. The first-order valence-electron chi connectivity index (χ1n) is 10.4. The van der Waals surface area contributed by atoms with Crippen molar-refractivity contribution < 1.29 is 24.2 Å². The minimum Gasteiger partial charge on any atom is -0.507 e. The zero-order valence-electron chi connectivity index (χ0n) is 18.1. The second kappa shape index (κ2) is 10.4. The fraction of sp³-hybridized carbons (Fsp3) is 0.280. The number of ether oxygens (including phenoxy) is 2. The quantitative estimate of drug-likeness (QED) is 0.245. The fourth-order valence-corrected chi connectivity index (χ4v) is 3.90. The molecule has 1 aliphatic rings. The monoisotopic (exact) mass is 455 g/mol. The van der Waals surface area contributed by atoms with Gasteiger partial charge in [0, 0.05) is 11.6 Å². The lowest BCUT2D eigenvalue weighted by atomic mass is 9.94. The Morgan fingerprint density at radius 3 is 2.72 bits per heavy atom. The van der Waals surface area contributed by atoms with Crippen LogP contribution in [0.15, 0.2) is 60.7 Å². The molecule has 7 heteroatoms. The van der Waals surface area contributed by atoms with Gasteiger partial charge >= 0.3 is 0 Å². The molecule has 1 N–H and O–H groups in total. The van der Waals surface area contributed by atoms with Crippen LogP contribution in [0.1, 0.15) is 36.9 Å². The third-order valence-corrected chi connectivity index (χ3v) is 5.49. The average molecular weight is 456 g/mol. The number of halogens is 1. The van der Waals surface area contributed by atoms with E-state index >= 15 is 0 Å². The Balaban J connectivity index is 2.20. The Labute approximate surface area is 192 Å². The summed E-state index contributed by atoms with van der Waals surface area (Å²) in [5.74, 6) is -0.812. The first-order valence-corrected chi connectivity index (χ1v) is 10.8. The second-order valence-corrected chi connectivity index (χ2v) is 7.80. The first kappa shape index (κ1) is 23.4.